The minimum absolute atomic E-state index is 0. The molecule has 4 nitrogen and oxygen atoms in total. The van der Waals surface area contributed by atoms with Crippen molar-refractivity contribution in [3.63, 3.8) is 0 Å². The van der Waals surface area contributed by atoms with Crippen molar-refractivity contribution in [1.29, 1.82) is 0 Å². The molecule has 1 atom stereocenters. The standard InChI is InChI=1S/C12H23F3N2O2S.ClH/c13-12(14,15)7-4-8-20(18,19)17-11(9-16)10-5-2-1-3-6-10;/h10-11,17H,1-9,16H2;1H. The van der Waals surface area contributed by atoms with Gasteiger partial charge >= 0.3 is 6.18 Å². The predicted molar refractivity (Wildman–Crippen MR) is 78.9 cm³/mol. The molecular weight excluding hydrogens is 329 g/mol. The van der Waals surface area contributed by atoms with Crippen molar-refractivity contribution >= 4 is 22.4 Å². The van der Waals surface area contributed by atoms with Gasteiger partial charge in [-0.3, -0.25) is 0 Å². The van der Waals surface area contributed by atoms with E-state index in [0.717, 1.165) is 32.1 Å². The van der Waals surface area contributed by atoms with Crippen LogP contribution in [-0.2, 0) is 10.0 Å². The van der Waals surface area contributed by atoms with Crippen LogP contribution in [0.5, 0.6) is 0 Å². The number of rotatable bonds is 7. The molecule has 21 heavy (non-hydrogen) atoms. The van der Waals surface area contributed by atoms with Gasteiger partial charge in [-0.2, -0.15) is 13.2 Å². The Morgan fingerprint density at radius 1 is 1.19 bits per heavy atom. The molecule has 0 aliphatic heterocycles. The number of sulfonamides is 1. The van der Waals surface area contributed by atoms with Crippen molar-refractivity contribution in [3.8, 4) is 0 Å². The lowest BCUT2D eigenvalue weighted by Crippen LogP contribution is -2.46. The molecule has 0 spiro atoms. The van der Waals surface area contributed by atoms with Crippen LogP contribution in [0.1, 0.15) is 44.9 Å². The monoisotopic (exact) mass is 352 g/mol. The van der Waals surface area contributed by atoms with Crippen molar-refractivity contribution in [2.24, 2.45) is 11.7 Å². The molecule has 0 saturated heterocycles. The van der Waals surface area contributed by atoms with E-state index in [-0.39, 0.29) is 30.9 Å². The predicted octanol–water partition coefficient (Wildman–Crippen LogP) is 2.58. The molecule has 0 bridgehead atoms. The second-order valence-electron chi connectivity index (χ2n) is 5.40. The fourth-order valence-electron chi connectivity index (χ4n) is 2.63. The zero-order valence-electron chi connectivity index (χ0n) is 11.9. The quantitative estimate of drug-likeness (QED) is 0.739. The Kier molecular flexibility index (Phi) is 9.15. The molecule has 1 fully saturated rings. The fourth-order valence-corrected chi connectivity index (χ4v) is 4.02. The van der Waals surface area contributed by atoms with E-state index in [1.165, 1.54) is 0 Å². The van der Waals surface area contributed by atoms with Crippen LogP contribution < -0.4 is 10.5 Å². The summed E-state index contributed by atoms with van der Waals surface area (Å²) in [5, 5.41) is 0. The normalized spacial score (nSPS) is 19.0. The van der Waals surface area contributed by atoms with Gasteiger partial charge in [0.05, 0.1) is 5.75 Å². The van der Waals surface area contributed by atoms with E-state index in [4.69, 9.17) is 5.73 Å². The van der Waals surface area contributed by atoms with Gasteiger partial charge in [0, 0.05) is 19.0 Å². The minimum atomic E-state index is -4.31. The second-order valence-corrected chi connectivity index (χ2v) is 7.27. The number of alkyl halides is 3. The van der Waals surface area contributed by atoms with Crippen molar-refractivity contribution < 1.29 is 21.6 Å². The molecule has 0 aromatic carbocycles. The first-order chi connectivity index (χ1) is 9.23. The molecule has 1 saturated carbocycles. The maximum absolute atomic E-state index is 12.0. The minimum Gasteiger partial charge on any atom is -0.329 e. The molecule has 0 radical (unpaired) electrons. The van der Waals surface area contributed by atoms with E-state index in [1.807, 2.05) is 0 Å². The van der Waals surface area contributed by atoms with E-state index in [2.05, 4.69) is 4.72 Å². The van der Waals surface area contributed by atoms with Crippen LogP contribution in [0, 0.1) is 5.92 Å². The molecule has 1 unspecified atom stereocenters. The van der Waals surface area contributed by atoms with E-state index in [0.29, 0.717) is 0 Å². The van der Waals surface area contributed by atoms with Gasteiger partial charge < -0.3 is 5.73 Å². The maximum Gasteiger partial charge on any atom is 0.389 e. The molecule has 0 amide bonds. The summed E-state index contributed by atoms with van der Waals surface area (Å²) < 4.78 is 62.1. The van der Waals surface area contributed by atoms with Gasteiger partial charge in [0.2, 0.25) is 10.0 Å². The van der Waals surface area contributed by atoms with Crippen molar-refractivity contribution in [2.45, 2.75) is 57.2 Å². The first-order valence-corrected chi connectivity index (χ1v) is 8.65. The Morgan fingerprint density at radius 2 is 1.76 bits per heavy atom. The smallest absolute Gasteiger partial charge is 0.329 e. The Bertz CT molecular complexity index is 384. The molecule has 0 heterocycles. The summed E-state index contributed by atoms with van der Waals surface area (Å²) in [6.07, 6.45) is -0.711. The number of hydrogen-bond donors (Lipinski definition) is 2. The first kappa shape index (κ1) is 20.9. The maximum atomic E-state index is 12.0. The van der Waals surface area contributed by atoms with Crippen LogP contribution in [-0.4, -0.2) is 32.9 Å². The molecule has 1 aliphatic rings. The summed E-state index contributed by atoms with van der Waals surface area (Å²) in [5.74, 6) is -0.304. The van der Waals surface area contributed by atoms with Gasteiger partial charge in [0.1, 0.15) is 0 Å². The third-order valence-corrected chi connectivity index (χ3v) is 5.17. The largest absolute Gasteiger partial charge is 0.389 e. The first-order valence-electron chi connectivity index (χ1n) is 7.00. The zero-order valence-corrected chi connectivity index (χ0v) is 13.5. The zero-order chi connectivity index (χ0) is 15.2. The highest BCUT2D eigenvalue weighted by Crippen LogP contribution is 2.27. The van der Waals surface area contributed by atoms with Crippen LogP contribution in [0.4, 0.5) is 13.2 Å². The SMILES string of the molecule is Cl.NCC(NS(=O)(=O)CCCC(F)(F)F)C1CCCCC1. The molecular formula is C12H24ClF3N2O2S. The summed E-state index contributed by atoms with van der Waals surface area (Å²) in [7, 11) is -3.69. The molecule has 1 rings (SSSR count). The lowest BCUT2D eigenvalue weighted by Gasteiger charge is -2.29. The molecule has 0 aromatic rings. The van der Waals surface area contributed by atoms with Crippen LogP contribution in [0.15, 0.2) is 0 Å². The number of hydrogen-bond acceptors (Lipinski definition) is 3. The molecule has 1 aliphatic carbocycles. The average Bonchev–Trinajstić information content (AvgIpc) is 2.35. The Hall–Kier alpha value is -0.0500. The molecule has 3 N–H and O–H groups in total. The van der Waals surface area contributed by atoms with Gasteiger partial charge in [-0.25, -0.2) is 13.1 Å². The molecule has 128 valence electrons. The Morgan fingerprint density at radius 3 is 2.24 bits per heavy atom. The molecule has 9 heteroatoms. The Labute approximate surface area is 130 Å². The van der Waals surface area contributed by atoms with Crippen molar-refractivity contribution in [3.05, 3.63) is 0 Å². The van der Waals surface area contributed by atoms with E-state index in [1.54, 1.807) is 0 Å². The topological polar surface area (TPSA) is 72.2 Å². The van der Waals surface area contributed by atoms with Gasteiger partial charge in [-0.1, -0.05) is 19.3 Å². The van der Waals surface area contributed by atoms with E-state index >= 15 is 0 Å². The third kappa shape index (κ3) is 8.85. The Balaban J connectivity index is 0.00000400. The highest BCUT2D eigenvalue weighted by Gasteiger charge is 2.29. The summed E-state index contributed by atoms with van der Waals surface area (Å²) in [5.41, 5.74) is 5.60. The highest BCUT2D eigenvalue weighted by molar-refractivity contribution is 7.89. The number of halogens is 4. The van der Waals surface area contributed by atoms with Crippen molar-refractivity contribution in [2.75, 3.05) is 12.3 Å². The third-order valence-electron chi connectivity index (χ3n) is 3.68. The summed E-state index contributed by atoms with van der Waals surface area (Å²) in [6.45, 7) is 0.184. The van der Waals surface area contributed by atoms with Crippen LogP contribution >= 0.6 is 12.4 Å². The van der Waals surface area contributed by atoms with E-state index < -0.39 is 34.8 Å². The summed E-state index contributed by atoms with van der Waals surface area (Å²) in [4.78, 5) is 0. The van der Waals surface area contributed by atoms with Crippen LogP contribution in [0.2, 0.25) is 0 Å². The van der Waals surface area contributed by atoms with E-state index in [9.17, 15) is 21.6 Å². The highest BCUT2D eigenvalue weighted by atomic mass is 35.5. The fraction of sp³-hybridized carbons (Fsp3) is 1.00. The van der Waals surface area contributed by atoms with Gasteiger partial charge in [0.15, 0.2) is 0 Å². The lowest BCUT2D eigenvalue weighted by atomic mass is 9.84. The summed E-state index contributed by atoms with van der Waals surface area (Å²) in [6, 6.07) is -0.355. The number of nitrogens with one attached hydrogen (secondary N) is 1. The van der Waals surface area contributed by atoms with Crippen LogP contribution in [0.25, 0.3) is 0 Å². The van der Waals surface area contributed by atoms with Gasteiger partial charge in [-0.05, 0) is 25.2 Å². The average molecular weight is 353 g/mol. The van der Waals surface area contributed by atoms with Crippen molar-refractivity contribution in [1.82, 2.24) is 4.72 Å². The summed E-state index contributed by atoms with van der Waals surface area (Å²) >= 11 is 0. The molecule has 0 aromatic heterocycles. The van der Waals surface area contributed by atoms with Gasteiger partial charge in [-0.15, -0.1) is 12.4 Å². The second kappa shape index (κ2) is 9.17. The number of nitrogens with two attached hydrogens (primary N) is 1. The van der Waals surface area contributed by atoms with Crippen LogP contribution in [0.3, 0.4) is 0 Å². The lowest BCUT2D eigenvalue weighted by molar-refractivity contribution is -0.134. The van der Waals surface area contributed by atoms with Gasteiger partial charge in [0.25, 0.3) is 0 Å².